The van der Waals surface area contributed by atoms with Crippen molar-refractivity contribution < 1.29 is 19.1 Å². The van der Waals surface area contributed by atoms with Gasteiger partial charge in [0.1, 0.15) is 6.61 Å². The summed E-state index contributed by atoms with van der Waals surface area (Å²) in [5.74, 6) is 0. The first-order valence-corrected chi connectivity index (χ1v) is 11.8. The maximum absolute atomic E-state index is 12.5. The molecule has 1 aromatic carbocycles. The van der Waals surface area contributed by atoms with Crippen LogP contribution in [0.3, 0.4) is 0 Å². The lowest BCUT2D eigenvalue weighted by Crippen LogP contribution is -2.54. The summed E-state index contributed by atoms with van der Waals surface area (Å²) in [5.41, 5.74) is -0.348. The molecule has 6 heteroatoms. The number of aliphatic hydroxyl groups is 1. The van der Waals surface area contributed by atoms with Crippen molar-refractivity contribution in [1.82, 2.24) is 4.90 Å². The Morgan fingerprint density at radius 2 is 1.92 bits per heavy atom. The van der Waals surface area contributed by atoms with Crippen LogP contribution >= 0.6 is 0 Å². The van der Waals surface area contributed by atoms with Crippen LogP contribution in [0.2, 0.25) is 18.1 Å². The second kappa shape index (κ2) is 7.48. The molecular weight excluding hydrogens is 334 g/mol. The third-order valence-electron chi connectivity index (χ3n) is 5.36. The van der Waals surface area contributed by atoms with E-state index in [1.165, 1.54) is 4.90 Å². The summed E-state index contributed by atoms with van der Waals surface area (Å²) in [5, 5.41) is 11.0. The molecular formula is C19H31NO4Si. The van der Waals surface area contributed by atoms with Gasteiger partial charge in [-0.2, -0.15) is 0 Å². The van der Waals surface area contributed by atoms with Crippen LogP contribution in [0.1, 0.15) is 39.2 Å². The highest BCUT2D eigenvalue weighted by Gasteiger charge is 2.46. The molecule has 0 radical (unpaired) electrons. The highest BCUT2D eigenvalue weighted by Crippen LogP contribution is 2.38. The molecule has 1 aliphatic rings. The molecule has 25 heavy (non-hydrogen) atoms. The predicted molar refractivity (Wildman–Crippen MR) is 101 cm³/mol. The van der Waals surface area contributed by atoms with Gasteiger partial charge in [-0.15, -0.1) is 0 Å². The van der Waals surface area contributed by atoms with Gasteiger partial charge in [-0.3, -0.25) is 4.90 Å². The van der Waals surface area contributed by atoms with E-state index in [-0.39, 0.29) is 18.3 Å². The van der Waals surface area contributed by atoms with E-state index in [9.17, 15) is 9.90 Å². The largest absolute Gasteiger partial charge is 0.444 e. The lowest BCUT2D eigenvalue weighted by Gasteiger charge is -2.40. The second-order valence-electron chi connectivity index (χ2n) is 8.33. The topological polar surface area (TPSA) is 59.0 Å². The summed E-state index contributed by atoms with van der Waals surface area (Å²) in [6, 6.07) is 9.54. The molecule has 0 unspecified atom stereocenters. The molecule has 1 amide bonds. The van der Waals surface area contributed by atoms with Gasteiger partial charge in [0.25, 0.3) is 0 Å². The van der Waals surface area contributed by atoms with Crippen molar-refractivity contribution in [2.45, 2.75) is 64.1 Å². The Labute approximate surface area is 152 Å². The van der Waals surface area contributed by atoms with Gasteiger partial charge in [0.15, 0.2) is 14.0 Å². The Balaban J connectivity index is 1.96. The predicted octanol–water partition coefficient (Wildman–Crippen LogP) is 4.13. The molecule has 1 aromatic rings. The van der Waals surface area contributed by atoms with Gasteiger partial charge in [0.2, 0.25) is 0 Å². The van der Waals surface area contributed by atoms with Gasteiger partial charge in [-0.1, -0.05) is 51.1 Å². The fourth-order valence-corrected chi connectivity index (χ4v) is 3.61. The summed E-state index contributed by atoms with van der Waals surface area (Å²) < 4.78 is 11.6. The zero-order valence-electron chi connectivity index (χ0n) is 16.0. The maximum atomic E-state index is 12.5. The zero-order chi connectivity index (χ0) is 18.7. The Kier molecular flexibility index (Phi) is 5.96. The molecule has 1 fully saturated rings. The van der Waals surface area contributed by atoms with Gasteiger partial charge < -0.3 is 14.3 Å². The maximum Gasteiger partial charge on any atom is 0.412 e. The molecule has 1 N–H and O–H groups in total. The molecule has 1 heterocycles. The molecule has 0 spiro atoms. The van der Waals surface area contributed by atoms with Crippen LogP contribution < -0.4 is 0 Å². The minimum atomic E-state index is -1.99. The number of carbonyl (C=O) groups excluding carboxylic acids is 1. The SMILES string of the molecule is CC(C)(C)[Si](C)(C)OC[C@]1(O)CCCN1C(=O)OCc1ccccc1. The zero-order valence-corrected chi connectivity index (χ0v) is 17.0. The van der Waals surface area contributed by atoms with Crippen molar-refractivity contribution in [3.63, 3.8) is 0 Å². The van der Waals surface area contributed by atoms with Gasteiger partial charge in [-0.25, -0.2) is 4.79 Å². The van der Waals surface area contributed by atoms with Crippen molar-refractivity contribution in [2.24, 2.45) is 0 Å². The molecule has 0 saturated carbocycles. The number of benzene rings is 1. The minimum absolute atomic E-state index is 0.0562. The molecule has 5 nitrogen and oxygen atoms in total. The fourth-order valence-electron chi connectivity index (χ4n) is 2.58. The molecule has 1 atom stereocenters. The Bertz CT molecular complexity index is 585. The summed E-state index contributed by atoms with van der Waals surface area (Å²) >= 11 is 0. The normalized spacial score (nSPS) is 21.4. The molecule has 1 aliphatic heterocycles. The van der Waals surface area contributed by atoms with Gasteiger partial charge >= 0.3 is 6.09 Å². The van der Waals surface area contributed by atoms with E-state index in [1.807, 2.05) is 30.3 Å². The Morgan fingerprint density at radius 3 is 2.52 bits per heavy atom. The Morgan fingerprint density at radius 1 is 1.28 bits per heavy atom. The van der Waals surface area contributed by atoms with Crippen LogP contribution in [0, 0.1) is 0 Å². The van der Waals surface area contributed by atoms with Crippen molar-refractivity contribution in [1.29, 1.82) is 0 Å². The first-order valence-electron chi connectivity index (χ1n) is 8.90. The number of likely N-dealkylation sites (tertiary alicyclic amines) is 1. The van der Waals surface area contributed by atoms with E-state index >= 15 is 0 Å². The van der Waals surface area contributed by atoms with Crippen molar-refractivity contribution in [2.75, 3.05) is 13.2 Å². The van der Waals surface area contributed by atoms with Crippen LogP contribution in [0.4, 0.5) is 4.79 Å². The van der Waals surface area contributed by atoms with Gasteiger partial charge in [0.05, 0.1) is 6.61 Å². The smallest absolute Gasteiger partial charge is 0.412 e. The lowest BCUT2D eigenvalue weighted by atomic mass is 10.2. The number of rotatable bonds is 5. The van der Waals surface area contributed by atoms with E-state index in [1.54, 1.807) is 0 Å². The van der Waals surface area contributed by atoms with Gasteiger partial charge in [0, 0.05) is 6.54 Å². The quantitative estimate of drug-likeness (QED) is 0.797. The van der Waals surface area contributed by atoms with Gasteiger partial charge in [-0.05, 0) is 36.5 Å². The average molecular weight is 366 g/mol. The number of hydrogen-bond donors (Lipinski definition) is 1. The number of amides is 1. The van der Waals surface area contributed by atoms with E-state index in [2.05, 4.69) is 33.9 Å². The lowest BCUT2D eigenvalue weighted by molar-refractivity contribution is -0.101. The minimum Gasteiger partial charge on any atom is -0.444 e. The Hall–Kier alpha value is -1.37. The molecule has 0 aliphatic carbocycles. The summed E-state index contributed by atoms with van der Waals surface area (Å²) in [4.78, 5) is 13.9. The first kappa shape index (κ1) is 19.9. The molecule has 0 aromatic heterocycles. The molecule has 140 valence electrons. The average Bonchev–Trinajstić information content (AvgIpc) is 2.93. The monoisotopic (exact) mass is 365 g/mol. The van der Waals surface area contributed by atoms with E-state index < -0.39 is 20.1 Å². The first-order chi connectivity index (χ1) is 11.6. The highest BCUT2D eigenvalue weighted by molar-refractivity contribution is 6.74. The number of hydrogen-bond acceptors (Lipinski definition) is 4. The molecule has 0 bridgehead atoms. The number of carbonyl (C=O) groups is 1. The van der Waals surface area contributed by atoms with Crippen LogP contribution in [-0.4, -0.2) is 43.3 Å². The number of nitrogens with zero attached hydrogens (tertiary/aromatic N) is 1. The van der Waals surface area contributed by atoms with Crippen LogP contribution in [0.15, 0.2) is 30.3 Å². The third-order valence-corrected chi connectivity index (χ3v) is 9.84. The van der Waals surface area contributed by atoms with E-state index in [4.69, 9.17) is 9.16 Å². The molecule has 1 saturated heterocycles. The van der Waals surface area contributed by atoms with E-state index in [0.717, 1.165) is 12.0 Å². The van der Waals surface area contributed by atoms with Crippen LogP contribution in [0.5, 0.6) is 0 Å². The van der Waals surface area contributed by atoms with Crippen molar-refractivity contribution in [3.8, 4) is 0 Å². The fraction of sp³-hybridized carbons (Fsp3) is 0.632. The standard InChI is InChI=1S/C19H31NO4Si/c1-18(2,3)25(4,5)24-15-19(22)12-9-13-20(19)17(21)23-14-16-10-7-6-8-11-16/h6-8,10-11,22H,9,12-15H2,1-5H3/t19-/m1/s1. The van der Waals surface area contributed by atoms with Crippen molar-refractivity contribution in [3.05, 3.63) is 35.9 Å². The molecule has 2 rings (SSSR count). The summed E-state index contributed by atoms with van der Waals surface area (Å²) in [6.45, 7) is 11.6. The van der Waals surface area contributed by atoms with Crippen LogP contribution in [0.25, 0.3) is 0 Å². The van der Waals surface area contributed by atoms with Crippen molar-refractivity contribution >= 4 is 14.4 Å². The second-order valence-corrected chi connectivity index (χ2v) is 13.1. The van der Waals surface area contributed by atoms with Crippen LogP contribution in [-0.2, 0) is 15.8 Å². The highest BCUT2D eigenvalue weighted by atomic mass is 28.4. The number of ether oxygens (including phenoxy) is 1. The summed E-state index contributed by atoms with van der Waals surface area (Å²) in [6.07, 6.45) is 0.780. The third kappa shape index (κ3) is 4.83. The summed E-state index contributed by atoms with van der Waals surface area (Å²) in [7, 11) is -1.99. The van der Waals surface area contributed by atoms with E-state index in [0.29, 0.717) is 13.0 Å².